The van der Waals surface area contributed by atoms with Gasteiger partial charge >= 0.3 is 0 Å². The highest BCUT2D eigenvalue weighted by molar-refractivity contribution is 4.58. The lowest BCUT2D eigenvalue weighted by molar-refractivity contribution is 0.361. The van der Waals surface area contributed by atoms with Crippen LogP contribution in [0.1, 0.15) is 6.92 Å². The van der Waals surface area contributed by atoms with Gasteiger partial charge in [-0.2, -0.15) is 0 Å². The van der Waals surface area contributed by atoms with E-state index in [0.29, 0.717) is 0 Å². The number of rotatable bonds is 1. The first kappa shape index (κ1) is 4.92. The molecule has 1 atom stereocenters. The summed E-state index contributed by atoms with van der Waals surface area (Å²) in [5.41, 5.74) is 4.99. The lowest BCUT2D eigenvalue weighted by Gasteiger charge is -1.90. The summed E-state index contributed by atoms with van der Waals surface area (Å²) in [6, 6.07) is -0.185. The highest BCUT2D eigenvalue weighted by Gasteiger charge is 1.82. The van der Waals surface area contributed by atoms with E-state index >= 15 is 0 Å². The van der Waals surface area contributed by atoms with Gasteiger partial charge in [-0.3, -0.25) is 0 Å². The molecule has 0 aliphatic rings. The Morgan fingerprint density at radius 2 is 2.20 bits per heavy atom. The Morgan fingerprint density at radius 3 is 2.20 bits per heavy atom. The Bertz CT molecular complexity index is 20.9. The van der Waals surface area contributed by atoms with E-state index in [2.05, 4.69) is 0 Å². The first-order valence-corrected chi connectivity index (χ1v) is 1.50. The standard InChI is InChI=1S/C3H8NO/c1-3(4)2-5/h2-3,5H,4H2,1H3/t3-/m1/s1. The maximum Gasteiger partial charge on any atom is 0.0961 e. The fourth-order valence-corrected chi connectivity index (χ4v) is 0. The van der Waals surface area contributed by atoms with Crippen LogP contribution in [-0.2, 0) is 0 Å². The number of hydrogen-bond donors (Lipinski definition) is 2. The topological polar surface area (TPSA) is 46.2 Å². The van der Waals surface area contributed by atoms with Crippen molar-refractivity contribution >= 4 is 0 Å². The summed E-state index contributed by atoms with van der Waals surface area (Å²) in [7, 11) is 0. The Kier molecular flexibility index (Phi) is 2.14. The molecule has 0 bridgehead atoms. The fourth-order valence-electron chi connectivity index (χ4n) is 0. The van der Waals surface area contributed by atoms with Crippen molar-refractivity contribution in [1.82, 2.24) is 0 Å². The van der Waals surface area contributed by atoms with Gasteiger partial charge in [0.1, 0.15) is 0 Å². The minimum atomic E-state index is -0.185. The summed E-state index contributed by atoms with van der Waals surface area (Å²) >= 11 is 0. The highest BCUT2D eigenvalue weighted by Crippen LogP contribution is 1.70. The van der Waals surface area contributed by atoms with Crippen LogP contribution in [0, 0.1) is 6.61 Å². The van der Waals surface area contributed by atoms with Crippen molar-refractivity contribution in [2.45, 2.75) is 13.0 Å². The summed E-state index contributed by atoms with van der Waals surface area (Å²) < 4.78 is 0. The quantitative estimate of drug-likeness (QED) is 0.455. The van der Waals surface area contributed by atoms with Crippen molar-refractivity contribution in [3.05, 3.63) is 6.61 Å². The molecule has 3 N–H and O–H groups in total. The van der Waals surface area contributed by atoms with E-state index in [1.54, 1.807) is 6.92 Å². The van der Waals surface area contributed by atoms with Crippen LogP contribution in [0.3, 0.4) is 0 Å². The van der Waals surface area contributed by atoms with Crippen LogP contribution in [-0.4, -0.2) is 11.1 Å². The molecule has 0 fully saturated rings. The molecule has 0 heterocycles. The monoisotopic (exact) mass is 74.1 g/mol. The van der Waals surface area contributed by atoms with E-state index < -0.39 is 0 Å². The Balaban J connectivity index is 2.54. The number of aliphatic hydroxyl groups excluding tert-OH is 1. The van der Waals surface area contributed by atoms with Crippen molar-refractivity contribution < 1.29 is 5.11 Å². The minimum absolute atomic E-state index is 0.185. The molecule has 0 aromatic heterocycles. The molecular formula is C3H8NO. The summed E-state index contributed by atoms with van der Waals surface area (Å²) in [5.74, 6) is 0. The van der Waals surface area contributed by atoms with Crippen LogP contribution in [0.4, 0.5) is 0 Å². The van der Waals surface area contributed by atoms with Crippen LogP contribution >= 0.6 is 0 Å². The second-order valence-electron chi connectivity index (χ2n) is 1.01. The molecule has 0 rings (SSSR count). The predicted molar refractivity (Wildman–Crippen MR) is 19.9 cm³/mol. The van der Waals surface area contributed by atoms with E-state index in [1.165, 1.54) is 0 Å². The van der Waals surface area contributed by atoms with Gasteiger partial charge in [0, 0.05) is 6.04 Å². The maximum atomic E-state index is 7.89. The summed E-state index contributed by atoms with van der Waals surface area (Å²) in [4.78, 5) is 0. The molecule has 2 nitrogen and oxygen atoms in total. The molecule has 0 amide bonds. The molecule has 0 aliphatic carbocycles. The number of hydrogen-bond acceptors (Lipinski definition) is 2. The largest absolute Gasteiger partial charge is 0.389 e. The zero-order valence-corrected chi connectivity index (χ0v) is 3.18. The first-order valence-electron chi connectivity index (χ1n) is 1.50. The van der Waals surface area contributed by atoms with Crippen molar-refractivity contribution in [3.63, 3.8) is 0 Å². The maximum absolute atomic E-state index is 7.89. The summed E-state index contributed by atoms with van der Waals surface area (Å²) in [5, 5.41) is 7.89. The third-order valence-corrected chi connectivity index (χ3v) is 0.235. The third-order valence-electron chi connectivity index (χ3n) is 0.235. The third kappa shape index (κ3) is 3.92. The van der Waals surface area contributed by atoms with Crippen molar-refractivity contribution in [2.75, 3.05) is 0 Å². The molecule has 0 aliphatic heterocycles. The average Bonchev–Trinajstić information content (AvgIpc) is 1.38. The number of nitrogens with two attached hydrogens (primary N) is 1. The molecular weight excluding hydrogens is 66.0 g/mol. The average molecular weight is 74.1 g/mol. The lowest BCUT2D eigenvalue weighted by Crippen LogP contribution is -2.13. The Labute approximate surface area is 31.6 Å². The SMILES string of the molecule is C[C@@H](N)[CH]O. The summed E-state index contributed by atoms with van der Waals surface area (Å²) in [6.45, 7) is 2.64. The molecule has 0 spiro atoms. The van der Waals surface area contributed by atoms with Crippen LogP contribution in [0.5, 0.6) is 0 Å². The molecule has 1 radical (unpaired) electrons. The second kappa shape index (κ2) is 2.18. The highest BCUT2D eigenvalue weighted by atomic mass is 16.3. The van der Waals surface area contributed by atoms with E-state index in [-0.39, 0.29) is 6.04 Å². The molecule has 0 aromatic carbocycles. The zero-order valence-electron chi connectivity index (χ0n) is 3.18. The number of aliphatic hydroxyl groups is 1. The normalized spacial score (nSPS) is 15.0. The van der Waals surface area contributed by atoms with Gasteiger partial charge < -0.3 is 10.8 Å². The molecule has 0 saturated heterocycles. The lowest BCUT2D eigenvalue weighted by atomic mass is 10.4. The van der Waals surface area contributed by atoms with Gasteiger partial charge in [0.15, 0.2) is 0 Å². The van der Waals surface area contributed by atoms with E-state index in [9.17, 15) is 0 Å². The van der Waals surface area contributed by atoms with Gasteiger partial charge in [-0.25, -0.2) is 0 Å². The zero-order chi connectivity index (χ0) is 4.28. The van der Waals surface area contributed by atoms with Gasteiger partial charge in [0.25, 0.3) is 0 Å². The summed E-state index contributed by atoms with van der Waals surface area (Å²) in [6.07, 6.45) is 0. The van der Waals surface area contributed by atoms with E-state index in [0.717, 1.165) is 6.61 Å². The van der Waals surface area contributed by atoms with Crippen LogP contribution < -0.4 is 5.73 Å². The molecule has 31 valence electrons. The van der Waals surface area contributed by atoms with Gasteiger partial charge in [0.05, 0.1) is 6.61 Å². The molecule has 5 heavy (non-hydrogen) atoms. The van der Waals surface area contributed by atoms with Crippen LogP contribution in [0.2, 0.25) is 0 Å². The van der Waals surface area contributed by atoms with Crippen molar-refractivity contribution in [3.8, 4) is 0 Å². The molecule has 2 heteroatoms. The van der Waals surface area contributed by atoms with Crippen LogP contribution in [0.25, 0.3) is 0 Å². The first-order chi connectivity index (χ1) is 2.27. The minimum Gasteiger partial charge on any atom is -0.389 e. The van der Waals surface area contributed by atoms with Crippen molar-refractivity contribution in [2.24, 2.45) is 5.73 Å². The van der Waals surface area contributed by atoms with Gasteiger partial charge in [0.2, 0.25) is 0 Å². The Morgan fingerprint density at radius 1 is 2.00 bits per heavy atom. The molecule has 0 aromatic rings. The smallest absolute Gasteiger partial charge is 0.0961 e. The fraction of sp³-hybridized carbons (Fsp3) is 0.667. The van der Waals surface area contributed by atoms with Gasteiger partial charge in [-0.1, -0.05) is 0 Å². The van der Waals surface area contributed by atoms with E-state index in [1.807, 2.05) is 0 Å². The second-order valence-corrected chi connectivity index (χ2v) is 1.01. The molecule has 0 saturated carbocycles. The Hall–Kier alpha value is -0.0800. The predicted octanol–water partition coefficient (Wildman–Crippen LogP) is -0.132. The van der Waals surface area contributed by atoms with Gasteiger partial charge in [-0.05, 0) is 6.92 Å². The van der Waals surface area contributed by atoms with Crippen LogP contribution in [0.15, 0.2) is 0 Å². The van der Waals surface area contributed by atoms with E-state index in [4.69, 9.17) is 10.8 Å². The van der Waals surface area contributed by atoms with Gasteiger partial charge in [-0.15, -0.1) is 0 Å². The molecule has 0 unspecified atom stereocenters. The van der Waals surface area contributed by atoms with Crippen molar-refractivity contribution in [1.29, 1.82) is 0 Å².